The molecule has 0 aromatic heterocycles. The van der Waals surface area contributed by atoms with Gasteiger partial charge in [-0.1, -0.05) is 18.2 Å². The number of carbonyl (C=O) groups excluding carboxylic acids is 1. The lowest BCUT2D eigenvalue weighted by molar-refractivity contribution is -0.143. The molecule has 0 aromatic carbocycles. The number of methoxy groups -OCH3 is 1. The molecular weight excluding hydrogens is 198 g/mol. The molecular formula is C10H11NO2S. The lowest BCUT2D eigenvalue weighted by Gasteiger charge is -2.32. The fraction of sp³-hybridized carbons (Fsp3) is 0.300. The molecule has 2 rings (SSSR count). The van der Waals surface area contributed by atoms with Gasteiger partial charge in [0.15, 0.2) is 6.04 Å². The van der Waals surface area contributed by atoms with Gasteiger partial charge in [0, 0.05) is 12.0 Å². The van der Waals surface area contributed by atoms with Crippen LogP contribution in [-0.4, -0.2) is 29.8 Å². The van der Waals surface area contributed by atoms with E-state index in [-0.39, 0.29) is 12.0 Å². The van der Waals surface area contributed by atoms with Crippen LogP contribution in [0.5, 0.6) is 0 Å². The Morgan fingerprint density at radius 2 is 2.57 bits per heavy atom. The largest absolute Gasteiger partial charge is 0.467 e. The van der Waals surface area contributed by atoms with Crippen molar-refractivity contribution >= 4 is 17.7 Å². The standard InChI is InChI=1S/C10H11NO2S/c1-13-10(12)8-4-2-5-9-11(8)6-3-7-14-9/h2-6,8H,7H2,1H3. The second-order valence-electron chi connectivity index (χ2n) is 2.96. The first-order valence-electron chi connectivity index (χ1n) is 4.37. The van der Waals surface area contributed by atoms with E-state index >= 15 is 0 Å². The van der Waals surface area contributed by atoms with Gasteiger partial charge in [0.1, 0.15) is 0 Å². The molecule has 4 heteroatoms. The van der Waals surface area contributed by atoms with E-state index in [1.165, 1.54) is 7.11 Å². The summed E-state index contributed by atoms with van der Waals surface area (Å²) in [5, 5.41) is 1.10. The Bertz CT molecular complexity index is 333. The van der Waals surface area contributed by atoms with Crippen molar-refractivity contribution in [3.63, 3.8) is 0 Å². The second kappa shape index (κ2) is 3.92. The molecule has 2 heterocycles. The minimum absolute atomic E-state index is 0.223. The first-order chi connectivity index (χ1) is 6.83. The highest BCUT2D eigenvalue weighted by atomic mass is 32.2. The number of allylic oxidation sites excluding steroid dienone is 2. The highest BCUT2D eigenvalue weighted by Gasteiger charge is 2.27. The van der Waals surface area contributed by atoms with Crippen molar-refractivity contribution in [3.8, 4) is 0 Å². The van der Waals surface area contributed by atoms with Crippen LogP contribution >= 0.6 is 11.8 Å². The van der Waals surface area contributed by atoms with Crippen LogP contribution in [0.3, 0.4) is 0 Å². The number of carbonyl (C=O) groups is 1. The maximum Gasteiger partial charge on any atom is 0.332 e. The van der Waals surface area contributed by atoms with Crippen LogP contribution in [0.1, 0.15) is 0 Å². The zero-order valence-corrected chi connectivity index (χ0v) is 8.66. The summed E-state index contributed by atoms with van der Waals surface area (Å²) >= 11 is 1.72. The van der Waals surface area contributed by atoms with Crippen LogP contribution in [0.2, 0.25) is 0 Å². The number of esters is 1. The molecule has 74 valence electrons. The van der Waals surface area contributed by atoms with E-state index in [0.717, 1.165) is 10.8 Å². The summed E-state index contributed by atoms with van der Waals surface area (Å²) in [6.45, 7) is 0. The molecule has 0 saturated carbocycles. The van der Waals surface area contributed by atoms with Gasteiger partial charge in [-0.2, -0.15) is 0 Å². The summed E-state index contributed by atoms with van der Waals surface area (Å²) in [5.74, 6) is 0.739. The van der Waals surface area contributed by atoms with E-state index < -0.39 is 0 Å². The first kappa shape index (κ1) is 9.40. The molecule has 0 bridgehead atoms. The molecule has 0 amide bonds. The zero-order valence-electron chi connectivity index (χ0n) is 7.84. The van der Waals surface area contributed by atoms with Crippen molar-refractivity contribution in [1.82, 2.24) is 4.90 Å². The summed E-state index contributed by atoms with van der Waals surface area (Å²) in [7, 11) is 1.41. The number of ether oxygens (including phenoxy) is 1. The second-order valence-corrected chi connectivity index (χ2v) is 4.00. The first-order valence-corrected chi connectivity index (χ1v) is 5.35. The lowest BCUT2D eigenvalue weighted by Crippen LogP contribution is -2.38. The molecule has 0 radical (unpaired) electrons. The monoisotopic (exact) mass is 209 g/mol. The molecule has 0 fully saturated rings. The van der Waals surface area contributed by atoms with E-state index in [4.69, 9.17) is 4.74 Å². The van der Waals surface area contributed by atoms with Crippen LogP contribution in [0.25, 0.3) is 0 Å². The number of fused-ring (bicyclic) bond motifs is 1. The molecule has 0 N–H and O–H groups in total. The Hall–Kier alpha value is -1.16. The maximum absolute atomic E-state index is 11.4. The quantitative estimate of drug-likeness (QED) is 0.612. The topological polar surface area (TPSA) is 29.5 Å². The van der Waals surface area contributed by atoms with Crippen molar-refractivity contribution in [2.75, 3.05) is 12.9 Å². The highest BCUT2D eigenvalue weighted by Crippen LogP contribution is 2.30. The Morgan fingerprint density at radius 1 is 1.71 bits per heavy atom. The fourth-order valence-corrected chi connectivity index (χ4v) is 2.30. The van der Waals surface area contributed by atoms with Crippen LogP contribution in [0, 0.1) is 0 Å². The zero-order chi connectivity index (χ0) is 9.97. The summed E-state index contributed by atoms with van der Waals surface area (Å²) in [5.41, 5.74) is 0. The van der Waals surface area contributed by atoms with Gasteiger partial charge in [-0.15, -0.1) is 11.8 Å². The number of hydrogen-bond acceptors (Lipinski definition) is 4. The number of rotatable bonds is 1. The minimum atomic E-state index is -0.302. The Kier molecular flexibility index (Phi) is 2.63. The summed E-state index contributed by atoms with van der Waals surface area (Å²) in [6, 6.07) is -0.302. The third-order valence-electron chi connectivity index (χ3n) is 2.12. The van der Waals surface area contributed by atoms with Gasteiger partial charge >= 0.3 is 5.97 Å². The average molecular weight is 209 g/mol. The highest BCUT2D eigenvalue weighted by molar-refractivity contribution is 8.03. The molecule has 2 aliphatic heterocycles. The number of thioether (sulfide) groups is 1. The fourth-order valence-electron chi connectivity index (χ4n) is 1.45. The van der Waals surface area contributed by atoms with Crippen molar-refractivity contribution in [1.29, 1.82) is 0 Å². The van der Waals surface area contributed by atoms with Gasteiger partial charge in [-0.25, -0.2) is 4.79 Å². The molecule has 1 unspecified atom stereocenters. The van der Waals surface area contributed by atoms with Crippen LogP contribution in [0.15, 0.2) is 35.5 Å². The summed E-state index contributed by atoms with van der Waals surface area (Å²) < 4.78 is 4.74. The van der Waals surface area contributed by atoms with Gasteiger partial charge in [0.05, 0.1) is 12.1 Å². The maximum atomic E-state index is 11.4. The van der Waals surface area contributed by atoms with Gasteiger partial charge < -0.3 is 9.64 Å². The van der Waals surface area contributed by atoms with Crippen LogP contribution in [0.4, 0.5) is 0 Å². The summed E-state index contributed by atoms with van der Waals surface area (Å²) in [4.78, 5) is 13.4. The van der Waals surface area contributed by atoms with Crippen molar-refractivity contribution in [2.24, 2.45) is 0 Å². The minimum Gasteiger partial charge on any atom is -0.467 e. The SMILES string of the molecule is COC(=O)C1C=CC=C2SCC=CN21. The molecule has 0 spiro atoms. The lowest BCUT2D eigenvalue weighted by atomic mass is 10.2. The molecule has 3 nitrogen and oxygen atoms in total. The van der Waals surface area contributed by atoms with E-state index in [1.807, 2.05) is 35.4 Å². The van der Waals surface area contributed by atoms with Gasteiger partial charge in [-0.05, 0) is 6.08 Å². The van der Waals surface area contributed by atoms with Crippen LogP contribution < -0.4 is 0 Å². The van der Waals surface area contributed by atoms with Crippen molar-refractivity contribution in [2.45, 2.75) is 6.04 Å². The van der Waals surface area contributed by atoms with Crippen molar-refractivity contribution in [3.05, 3.63) is 35.5 Å². The van der Waals surface area contributed by atoms with Gasteiger partial charge in [-0.3, -0.25) is 0 Å². The van der Waals surface area contributed by atoms with Gasteiger partial charge in [0.2, 0.25) is 0 Å². The normalized spacial score (nSPS) is 24.2. The molecule has 0 aromatic rings. The Labute approximate surface area is 87.1 Å². The Balaban J connectivity index is 2.24. The number of hydrogen-bond donors (Lipinski definition) is 0. The average Bonchev–Trinajstić information content (AvgIpc) is 2.27. The van der Waals surface area contributed by atoms with E-state index in [2.05, 4.69) is 0 Å². The van der Waals surface area contributed by atoms with E-state index in [0.29, 0.717) is 0 Å². The molecule has 2 aliphatic rings. The summed E-state index contributed by atoms with van der Waals surface area (Å²) in [6.07, 6.45) is 9.73. The van der Waals surface area contributed by atoms with Crippen molar-refractivity contribution < 1.29 is 9.53 Å². The molecule has 1 atom stereocenters. The van der Waals surface area contributed by atoms with Gasteiger partial charge in [0.25, 0.3) is 0 Å². The predicted octanol–water partition coefficient (Wildman–Crippen LogP) is 1.50. The molecule has 0 saturated heterocycles. The number of nitrogens with zero attached hydrogens (tertiary/aromatic N) is 1. The Morgan fingerprint density at radius 3 is 3.36 bits per heavy atom. The van der Waals surface area contributed by atoms with E-state index in [1.54, 1.807) is 11.8 Å². The third-order valence-corrected chi connectivity index (χ3v) is 3.12. The molecule has 0 aliphatic carbocycles. The molecule has 14 heavy (non-hydrogen) atoms. The smallest absolute Gasteiger partial charge is 0.332 e. The van der Waals surface area contributed by atoms with E-state index in [9.17, 15) is 4.79 Å². The predicted molar refractivity (Wildman–Crippen MR) is 56.5 cm³/mol. The third kappa shape index (κ3) is 1.57. The van der Waals surface area contributed by atoms with Crippen LogP contribution in [-0.2, 0) is 9.53 Å².